The number of carbonyl (C=O) groups is 2. The number of benzene rings is 1. The van der Waals surface area contributed by atoms with Crippen LogP contribution in [0.5, 0.6) is 0 Å². The number of nitrogens with one attached hydrogen (secondary N) is 1. The standard InChI is InChI=1S/C18H25NO3/c1-13(2)11-16(18(21)22)12-19-17(20)6-4-5-15-9-7-14(3)8-10-15/h4-5,7-10,13,16H,6,11-12H2,1-3H3,(H,19,20)(H,21,22)/b5-4+. The van der Waals surface area contributed by atoms with Crippen molar-refractivity contribution in [3.63, 3.8) is 0 Å². The number of amides is 1. The van der Waals surface area contributed by atoms with E-state index in [-0.39, 0.29) is 18.9 Å². The minimum atomic E-state index is -0.857. The van der Waals surface area contributed by atoms with Gasteiger partial charge in [-0.15, -0.1) is 0 Å². The predicted octanol–water partition coefficient (Wildman–Crippen LogP) is 3.26. The Balaban J connectivity index is 2.39. The maximum absolute atomic E-state index is 11.7. The highest BCUT2D eigenvalue weighted by molar-refractivity contribution is 5.79. The smallest absolute Gasteiger partial charge is 0.308 e. The molecule has 1 rings (SSSR count). The van der Waals surface area contributed by atoms with Gasteiger partial charge in [0.15, 0.2) is 0 Å². The third-order valence-electron chi connectivity index (χ3n) is 3.34. The van der Waals surface area contributed by atoms with Crippen LogP contribution in [0.25, 0.3) is 6.08 Å². The lowest BCUT2D eigenvalue weighted by atomic mass is 9.97. The first-order chi connectivity index (χ1) is 10.4. The number of carboxylic acid groups (broad SMARTS) is 1. The van der Waals surface area contributed by atoms with Crippen LogP contribution < -0.4 is 5.32 Å². The Morgan fingerprint density at radius 1 is 1.23 bits per heavy atom. The average molecular weight is 303 g/mol. The van der Waals surface area contributed by atoms with Crippen molar-refractivity contribution in [2.75, 3.05) is 6.54 Å². The fraction of sp³-hybridized carbons (Fsp3) is 0.444. The summed E-state index contributed by atoms with van der Waals surface area (Å²) in [5.41, 5.74) is 2.24. The molecule has 1 aromatic carbocycles. The summed E-state index contributed by atoms with van der Waals surface area (Å²) in [4.78, 5) is 22.9. The number of hydrogen-bond donors (Lipinski definition) is 2. The molecule has 0 bridgehead atoms. The molecule has 0 aromatic heterocycles. The van der Waals surface area contributed by atoms with Crippen LogP contribution in [0, 0.1) is 18.8 Å². The van der Waals surface area contributed by atoms with Crippen LogP contribution in [0.15, 0.2) is 30.3 Å². The van der Waals surface area contributed by atoms with Crippen molar-refractivity contribution in [3.8, 4) is 0 Å². The molecule has 0 aliphatic carbocycles. The SMILES string of the molecule is Cc1ccc(/C=C/CC(=O)NCC(CC(C)C)C(=O)O)cc1. The van der Waals surface area contributed by atoms with E-state index in [1.807, 2.05) is 51.1 Å². The Kier molecular flexibility index (Phi) is 7.37. The van der Waals surface area contributed by atoms with E-state index in [1.54, 1.807) is 6.08 Å². The molecule has 0 aliphatic heterocycles. The molecular formula is C18H25NO3. The summed E-state index contributed by atoms with van der Waals surface area (Å²) in [7, 11) is 0. The first kappa shape index (κ1) is 18.0. The van der Waals surface area contributed by atoms with E-state index in [2.05, 4.69) is 5.32 Å². The normalized spacial score (nSPS) is 12.5. The van der Waals surface area contributed by atoms with Gasteiger partial charge in [-0.05, 0) is 24.8 Å². The second-order valence-corrected chi connectivity index (χ2v) is 5.99. The second-order valence-electron chi connectivity index (χ2n) is 5.99. The maximum Gasteiger partial charge on any atom is 0.308 e. The molecular weight excluding hydrogens is 278 g/mol. The average Bonchev–Trinajstić information content (AvgIpc) is 2.45. The van der Waals surface area contributed by atoms with Gasteiger partial charge in [-0.3, -0.25) is 9.59 Å². The fourth-order valence-corrected chi connectivity index (χ4v) is 2.13. The largest absolute Gasteiger partial charge is 0.481 e. The lowest BCUT2D eigenvalue weighted by molar-refractivity contribution is -0.142. The molecule has 22 heavy (non-hydrogen) atoms. The van der Waals surface area contributed by atoms with E-state index in [0.717, 1.165) is 5.56 Å². The van der Waals surface area contributed by atoms with E-state index < -0.39 is 11.9 Å². The van der Waals surface area contributed by atoms with Crippen molar-refractivity contribution in [3.05, 3.63) is 41.5 Å². The zero-order chi connectivity index (χ0) is 16.5. The number of carbonyl (C=O) groups excluding carboxylic acids is 1. The molecule has 0 saturated heterocycles. The van der Waals surface area contributed by atoms with E-state index in [9.17, 15) is 9.59 Å². The quantitative estimate of drug-likeness (QED) is 0.774. The highest BCUT2D eigenvalue weighted by Crippen LogP contribution is 2.11. The summed E-state index contributed by atoms with van der Waals surface area (Å²) in [6.07, 6.45) is 4.50. The van der Waals surface area contributed by atoms with Crippen LogP contribution in [-0.2, 0) is 9.59 Å². The maximum atomic E-state index is 11.7. The Labute approximate surface area is 132 Å². The second kappa shape index (κ2) is 9.03. The molecule has 1 atom stereocenters. The molecule has 1 unspecified atom stereocenters. The Hall–Kier alpha value is -2.10. The van der Waals surface area contributed by atoms with Crippen LogP contribution in [0.4, 0.5) is 0 Å². The van der Waals surface area contributed by atoms with Crippen LogP contribution in [0.1, 0.15) is 37.8 Å². The van der Waals surface area contributed by atoms with Crippen molar-refractivity contribution in [2.24, 2.45) is 11.8 Å². The topological polar surface area (TPSA) is 66.4 Å². The molecule has 2 N–H and O–H groups in total. The van der Waals surface area contributed by atoms with Crippen molar-refractivity contribution in [1.82, 2.24) is 5.32 Å². The molecule has 0 heterocycles. The summed E-state index contributed by atoms with van der Waals surface area (Å²) in [5.74, 6) is -1.24. The molecule has 4 nitrogen and oxygen atoms in total. The number of aryl methyl sites for hydroxylation is 1. The summed E-state index contributed by atoms with van der Waals surface area (Å²) in [6.45, 7) is 6.16. The summed E-state index contributed by atoms with van der Waals surface area (Å²) in [5, 5.41) is 11.8. The fourth-order valence-electron chi connectivity index (χ4n) is 2.13. The van der Waals surface area contributed by atoms with E-state index in [1.165, 1.54) is 5.56 Å². The highest BCUT2D eigenvalue weighted by atomic mass is 16.4. The molecule has 4 heteroatoms. The molecule has 0 aliphatic rings. The zero-order valence-corrected chi connectivity index (χ0v) is 13.5. The van der Waals surface area contributed by atoms with Crippen LogP contribution in [-0.4, -0.2) is 23.5 Å². The predicted molar refractivity (Wildman–Crippen MR) is 88.4 cm³/mol. The third-order valence-corrected chi connectivity index (χ3v) is 3.34. The number of hydrogen-bond acceptors (Lipinski definition) is 2. The zero-order valence-electron chi connectivity index (χ0n) is 13.5. The van der Waals surface area contributed by atoms with Gasteiger partial charge < -0.3 is 10.4 Å². The van der Waals surface area contributed by atoms with Crippen LogP contribution >= 0.6 is 0 Å². The van der Waals surface area contributed by atoms with E-state index in [0.29, 0.717) is 12.3 Å². The van der Waals surface area contributed by atoms with Gasteiger partial charge in [0, 0.05) is 13.0 Å². The van der Waals surface area contributed by atoms with Crippen molar-refractivity contribution in [2.45, 2.75) is 33.6 Å². The number of aliphatic carboxylic acids is 1. The molecule has 1 amide bonds. The van der Waals surface area contributed by atoms with Crippen molar-refractivity contribution in [1.29, 1.82) is 0 Å². The molecule has 1 aromatic rings. The third kappa shape index (κ3) is 7.07. The minimum Gasteiger partial charge on any atom is -0.481 e. The lowest BCUT2D eigenvalue weighted by Crippen LogP contribution is -2.33. The minimum absolute atomic E-state index is 0.154. The highest BCUT2D eigenvalue weighted by Gasteiger charge is 2.19. The Bertz CT molecular complexity index is 518. The van der Waals surface area contributed by atoms with E-state index >= 15 is 0 Å². The number of rotatable bonds is 8. The summed E-state index contributed by atoms with van der Waals surface area (Å²) >= 11 is 0. The first-order valence-corrected chi connectivity index (χ1v) is 7.61. The molecule has 0 spiro atoms. The van der Waals surface area contributed by atoms with Gasteiger partial charge in [0.1, 0.15) is 0 Å². The Morgan fingerprint density at radius 2 is 1.86 bits per heavy atom. The van der Waals surface area contributed by atoms with Gasteiger partial charge in [0.25, 0.3) is 0 Å². The summed E-state index contributed by atoms with van der Waals surface area (Å²) < 4.78 is 0. The molecule has 0 radical (unpaired) electrons. The van der Waals surface area contributed by atoms with Gasteiger partial charge in [-0.25, -0.2) is 0 Å². The van der Waals surface area contributed by atoms with E-state index in [4.69, 9.17) is 5.11 Å². The van der Waals surface area contributed by atoms with Gasteiger partial charge in [-0.1, -0.05) is 55.8 Å². The number of carboxylic acids is 1. The molecule has 0 fully saturated rings. The van der Waals surface area contributed by atoms with Crippen LogP contribution in [0.3, 0.4) is 0 Å². The van der Waals surface area contributed by atoms with Crippen molar-refractivity contribution < 1.29 is 14.7 Å². The molecule has 0 saturated carbocycles. The first-order valence-electron chi connectivity index (χ1n) is 7.61. The Morgan fingerprint density at radius 3 is 2.41 bits per heavy atom. The lowest BCUT2D eigenvalue weighted by Gasteiger charge is -2.15. The van der Waals surface area contributed by atoms with Gasteiger partial charge in [0.05, 0.1) is 5.92 Å². The van der Waals surface area contributed by atoms with Crippen LogP contribution in [0.2, 0.25) is 0 Å². The summed E-state index contributed by atoms with van der Waals surface area (Å²) in [6, 6.07) is 8.02. The van der Waals surface area contributed by atoms with Crippen molar-refractivity contribution >= 4 is 18.0 Å². The van der Waals surface area contributed by atoms with Gasteiger partial charge in [-0.2, -0.15) is 0 Å². The van der Waals surface area contributed by atoms with Gasteiger partial charge in [0.2, 0.25) is 5.91 Å². The van der Waals surface area contributed by atoms with Gasteiger partial charge >= 0.3 is 5.97 Å². The molecule has 120 valence electrons. The monoisotopic (exact) mass is 303 g/mol.